The van der Waals surface area contributed by atoms with E-state index in [0.717, 1.165) is 25.7 Å². The van der Waals surface area contributed by atoms with Gasteiger partial charge in [0.2, 0.25) is 0 Å². The summed E-state index contributed by atoms with van der Waals surface area (Å²) in [5.41, 5.74) is 6.22. The lowest BCUT2D eigenvalue weighted by Crippen LogP contribution is -2.28. The summed E-state index contributed by atoms with van der Waals surface area (Å²) < 4.78 is 0. The Morgan fingerprint density at radius 2 is 1.38 bits per heavy atom. The standard InChI is InChI=1S/C21H28/c1-5-17-13-12-16-20(19(17)6-2)21(7-3,8-4)18-14-10-9-11-15-18/h9-16H,5-8H2,1-4H3. The van der Waals surface area contributed by atoms with Crippen molar-refractivity contribution in [2.24, 2.45) is 0 Å². The summed E-state index contributed by atoms with van der Waals surface area (Å²) in [7, 11) is 0. The maximum Gasteiger partial charge on any atom is 0.0200 e. The third-order valence-corrected chi connectivity index (χ3v) is 5.06. The van der Waals surface area contributed by atoms with Crippen LogP contribution < -0.4 is 0 Å². The third-order valence-electron chi connectivity index (χ3n) is 5.06. The maximum absolute atomic E-state index is 2.36. The van der Waals surface area contributed by atoms with Gasteiger partial charge in [-0.15, -0.1) is 0 Å². The minimum Gasteiger partial charge on any atom is -0.0642 e. The first-order valence-electron chi connectivity index (χ1n) is 8.40. The van der Waals surface area contributed by atoms with Gasteiger partial charge in [0, 0.05) is 5.41 Å². The first-order valence-corrected chi connectivity index (χ1v) is 8.40. The van der Waals surface area contributed by atoms with Crippen LogP contribution in [0.15, 0.2) is 48.5 Å². The Morgan fingerprint density at radius 1 is 0.714 bits per heavy atom. The highest BCUT2D eigenvalue weighted by Gasteiger charge is 2.32. The van der Waals surface area contributed by atoms with Gasteiger partial charge in [0.25, 0.3) is 0 Å². The molecule has 0 aliphatic carbocycles. The summed E-state index contributed by atoms with van der Waals surface area (Å²) in [4.78, 5) is 0. The lowest BCUT2D eigenvalue weighted by molar-refractivity contribution is 0.473. The lowest BCUT2D eigenvalue weighted by Gasteiger charge is -2.35. The molecule has 2 aromatic rings. The second-order valence-corrected chi connectivity index (χ2v) is 5.81. The third kappa shape index (κ3) is 2.77. The van der Waals surface area contributed by atoms with E-state index in [1.54, 1.807) is 11.1 Å². The van der Waals surface area contributed by atoms with Crippen molar-refractivity contribution >= 4 is 0 Å². The highest BCUT2D eigenvalue weighted by Crippen LogP contribution is 2.41. The smallest absolute Gasteiger partial charge is 0.0200 e. The summed E-state index contributed by atoms with van der Waals surface area (Å²) in [6.45, 7) is 9.21. The largest absolute Gasteiger partial charge is 0.0642 e. The van der Waals surface area contributed by atoms with Crippen molar-refractivity contribution < 1.29 is 0 Å². The van der Waals surface area contributed by atoms with Gasteiger partial charge in [-0.3, -0.25) is 0 Å². The molecule has 0 saturated heterocycles. The van der Waals surface area contributed by atoms with Gasteiger partial charge in [0.05, 0.1) is 0 Å². The van der Waals surface area contributed by atoms with Crippen LogP contribution in [0.4, 0.5) is 0 Å². The molecule has 112 valence electrons. The highest BCUT2D eigenvalue weighted by molar-refractivity contribution is 5.47. The topological polar surface area (TPSA) is 0 Å². The van der Waals surface area contributed by atoms with Gasteiger partial charge in [-0.1, -0.05) is 76.2 Å². The predicted octanol–water partition coefficient (Wildman–Crippen LogP) is 5.92. The van der Waals surface area contributed by atoms with Crippen molar-refractivity contribution in [2.45, 2.75) is 58.8 Å². The Kier molecular flexibility index (Phi) is 5.22. The fourth-order valence-corrected chi connectivity index (χ4v) is 3.78. The average Bonchev–Trinajstić information content (AvgIpc) is 2.57. The zero-order chi connectivity index (χ0) is 15.3. The van der Waals surface area contributed by atoms with Gasteiger partial charge in [-0.05, 0) is 47.9 Å². The molecule has 0 heteroatoms. The molecule has 0 saturated carbocycles. The van der Waals surface area contributed by atoms with Crippen molar-refractivity contribution in [3.8, 4) is 0 Å². The predicted molar refractivity (Wildman–Crippen MR) is 93.0 cm³/mol. The molecular weight excluding hydrogens is 252 g/mol. The van der Waals surface area contributed by atoms with Gasteiger partial charge in [0.15, 0.2) is 0 Å². The zero-order valence-electron chi connectivity index (χ0n) is 13.9. The monoisotopic (exact) mass is 280 g/mol. The van der Waals surface area contributed by atoms with Crippen molar-refractivity contribution in [3.05, 3.63) is 70.8 Å². The molecule has 0 spiro atoms. The molecule has 0 N–H and O–H groups in total. The molecule has 0 aliphatic rings. The summed E-state index contributed by atoms with van der Waals surface area (Å²) in [5.74, 6) is 0. The molecule has 0 radical (unpaired) electrons. The van der Waals surface area contributed by atoms with E-state index < -0.39 is 0 Å². The van der Waals surface area contributed by atoms with Crippen LogP contribution in [0, 0.1) is 0 Å². The molecule has 0 nitrogen and oxygen atoms in total. The van der Waals surface area contributed by atoms with Crippen LogP contribution in [-0.4, -0.2) is 0 Å². The molecule has 0 atom stereocenters. The van der Waals surface area contributed by atoms with Crippen LogP contribution in [0.25, 0.3) is 0 Å². The fraction of sp³-hybridized carbons (Fsp3) is 0.429. The minimum atomic E-state index is 0.151. The van der Waals surface area contributed by atoms with Gasteiger partial charge in [-0.25, -0.2) is 0 Å². The number of hydrogen-bond donors (Lipinski definition) is 0. The Balaban J connectivity index is 2.69. The van der Waals surface area contributed by atoms with Gasteiger partial charge >= 0.3 is 0 Å². The molecule has 0 bridgehead atoms. The van der Waals surface area contributed by atoms with Crippen LogP contribution >= 0.6 is 0 Å². The molecular formula is C21H28. The van der Waals surface area contributed by atoms with E-state index in [-0.39, 0.29) is 5.41 Å². The van der Waals surface area contributed by atoms with E-state index in [4.69, 9.17) is 0 Å². The van der Waals surface area contributed by atoms with Crippen molar-refractivity contribution in [2.75, 3.05) is 0 Å². The second-order valence-electron chi connectivity index (χ2n) is 5.81. The van der Waals surface area contributed by atoms with Gasteiger partial charge in [-0.2, -0.15) is 0 Å². The van der Waals surface area contributed by atoms with E-state index >= 15 is 0 Å². The normalized spacial score (nSPS) is 11.6. The van der Waals surface area contributed by atoms with Crippen LogP contribution in [0.3, 0.4) is 0 Å². The van der Waals surface area contributed by atoms with Crippen LogP contribution in [-0.2, 0) is 18.3 Å². The van der Waals surface area contributed by atoms with Crippen LogP contribution in [0.5, 0.6) is 0 Å². The first kappa shape index (κ1) is 15.8. The van der Waals surface area contributed by atoms with Gasteiger partial charge in [0.1, 0.15) is 0 Å². The first-order chi connectivity index (χ1) is 10.2. The fourth-order valence-electron chi connectivity index (χ4n) is 3.78. The second kappa shape index (κ2) is 6.93. The quantitative estimate of drug-likeness (QED) is 0.616. The molecule has 0 amide bonds. The molecule has 0 heterocycles. The van der Waals surface area contributed by atoms with Crippen LogP contribution in [0.1, 0.15) is 62.8 Å². The summed E-state index contributed by atoms with van der Waals surface area (Å²) in [6, 6.07) is 18.0. The number of hydrogen-bond acceptors (Lipinski definition) is 0. The van der Waals surface area contributed by atoms with Crippen molar-refractivity contribution in [1.29, 1.82) is 0 Å². The molecule has 0 aliphatic heterocycles. The minimum absolute atomic E-state index is 0.151. The summed E-state index contributed by atoms with van der Waals surface area (Å²) in [5, 5.41) is 0. The SMILES string of the molecule is CCc1cccc(C(CC)(CC)c2ccccc2)c1CC. The summed E-state index contributed by atoms with van der Waals surface area (Å²) >= 11 is 0. The van der Waals surface area contributed by atoms with E-state index in [0.29, 0.717) is 0 Å². The van der Waals surface area contributed by atoms with Gasteiger partial charge < -0.3 is 0 Å². The number of benzene rings is 2. The van der Waals surface area contributed by atoms with E-state index in [1.807, 2.05) is 0 Å². The lowest BCUT2D eigenvalue weighted by atomic mass is 9.68. The summed E-state index contributed by atoms with van der Waals surface area (Å²) in [6.07, 6.45) is 4.53. The molecule has 21 heavy (non-hydrogen) atoms. The molecule has 0 unspecified atom stereocenters. The van der Waals surface area contributed by atoms with E-state index in [1.165, 1.54) is 11.1 Å². The Labute approximate surface area is 130 Å². The highest BCUT2D eigenvalue weighted by atomic mass is 14.4. The van der Waals surface area contributed by atoms with Crippen LogP contribution in [0.2, 0.25) is 0 Å². The van der Waals surface area contributed by atoms with Crippen molar-refractivity contribution in [3.63, 3.8) is 0 Å². The Bertz CT molecular complexity index is 562. The molecule has 0 aromatic heterocycles. The number of rotatable bonds is 6. The molecule has 2 rings (SSSR count). The average molecular weight is 280 g/mol. The Hall–Kier alpha value is -1.56. The molecule has 2 aromatic carbocycles. The maximum atomic E-state index is 2.36. The zero-order valence-corrected chi connectivity index (χ0v) is 13.9. The van der Waals surface area contributed by atoms with Crippen molar-refractivity contribution in [1.82, 2.24) is 0 Å². The number of aryl methyl sites for hydroxylation is 1. The Morgan fingerprint density at radius 3 is 1.90 bits per heavy atom. The van der Waals surface area contributed by atoms with E-state index in [2.05, 4.69) is 76.2 Å². The molecule has 0 fully saturated rings. The van der Waals surface area contributed by atoms with E-state index in [9.17, 15) is 0 Å².